The highest BCUT2D eigenvalue weighted by Crippen LogP contribution is 2.48. The number of hydrogen-bond donors (Lipinski definition) is 1. The first-order chi connectivity index (χ1) is 8.16. The van der Waals surface area contributed by atoms with Gasteiger partial charge in [-0.05, 0) is 61.9 Å². The van der Waals surface area contributed by atoms with E-state index in [4.69, 9.17) is 11.6 Å². The Morgan fingerprint density at radius 2 is 1.94 bits per heavy atom. The first-order valence-corrected chi connectivity index (χ1v) is 6.95. The smallest absolute Gasteiger partial charge is 0.0406 e. The van der Waals surface area contributed by atoms with E-state index in [2.05, 4.69) is 24.4 Å². The minimum absolute atomic E-state index is 0.431. The lowest BCUT2D eigenvalue weighted by Crippen LogP contribution is -2.37. The maximum atomic E-state index is 5.97. The normalized spacial score (nSPS) is 19.7. The Bertz CT molecular complexity index is 354. The van der Waals surface area contributed by atoms with Crippen LogP contribution < -0.4 is 5.32 Å². The summed E-state index contributed by atoms with van der Waals surface area (Å²) in [6.45, 7) is 3.45. The van der Waals surface area contributed by atoms with Gasteiger partial charge in [-0.2, -0.15) is 0 Å². The van der Waals surface area contributed by atoms with Crippen LogP contribution in [0, 0.1) is 5.92 Å². The average molecular weight is 252 g/mol. The largest absolute Gasteiger partial charge is 0.319 e. The zero-order chi connectivity index (χ0) is 12.3. The summed E-state index contributed by atoms with van der Waals surface area (Å²) in [6, 6.07) is 8.49. The molecule has 1 aliphatic rings. The van der Waals surface area contributed by atoms with Gasteiger partial charge in [0.1, 0.15) is 0 Å². The number of halogens is 1. The molecule has 0 saturated heterocycles. The third kappa shape index (κ3) is 2.83. The molecule has 0 aliphatic heterocycles. The lowest BCUT2D eigenvalue weighted by Gasteiger charge is -2.44. The molecule has 0 spiro atoms. The van der Waals surface area contributed by atoms with E-state index in [1.54, 1.807) is 0 Å². The third-order valence-electron chi connectivity index (χ3n) is 4.06. The molecule has 0 amide bonds. The minimum atomic E-state index is 0.431. The molecule has 1 aromatic rings. The molecule has 1 aromatic carbocycles. The molecule has 1 nitrogen and oxygen atoms in total. The van der Waals surface area contributed by atoms with Gasteiger partial charge < -0.3 is 5.32 Å². The fourth-order valence-electron chi connectivity index (χ4n) is 3.11. The summed E-state index contributed by atoms with van der Waals surface area (Å²) in [7, 11) is 2.03. The first kappa shape index (κ1) is 12.9. The highest BCUT2D eigenvalue weighted by molar-refractivity contribution is 6.30. The fraction of sp³-hybridized carbons (Fsp3) is 0.600. The van der Waals surface area contributed by atoms with Gasteiger partial charge >= 0.3 is 0 Å². The van der Waals surface area contributed by atoms with Crippen LogP contribution in [-0.2, 0) is 5.41 Å². The van der Waals surface area contributed by atoms with Crippen molar-refractivity contribution in [2.45, 2.75) is 38.0 Å². The summed E-state index contributed by atoms with van der Waals surface area (Å²) >= 11 is 5.97. The Morgan fingerprint density at radius 1 is 1.29 bits per heavy atom. The van der Waals surface area contributed by atoms with Crippen molar-refractivity contribution in [3.63, 3.8) is 0 Å². The molecule has 17 heavy (non-hydrogen) atoms. The predicted octanol–water partition coefficient (Wildman–Crippen LogP) is 4.01. The lowest BCUT2D eigenvalue weighted by molar-refractivity contribution is 0.193. The molecule has 0 radical (unpaired) electrons. The van der Waals surface area contributed by atoms with Crippen LogP contribution in [0.1, 0.15) is 38.2 Å². The van der Waals surface area contributed by atoms with Crippen LogP contribution in [-0.4, -0.2) is 13.6 Å². The van der Waals surface area contributed by atoms with E-state index >= 15 is 0 Å². The van der Waals surface area contributed by atoms with E-state index in [0.29, 0.717) is 5.41 Å². The molecule has 0 bridgehead atoms. The molecule has 1 N–H and O–H groups in total. The van der Waals surface area contributed by atoms with E-state index < -0.39 is 0 Å². The first-order valence-electron chi connectivity index (χ1n) is 6.57. The second-order valence-corrected chi connectivity index (χ2v) is 5.94. The van der Waals surface area contributed by atoms with Crippen LogP contribution in [0.15, 0.2) is 24.3 Å². The van der Waals surface area contributed by atoms with E-state index in [-0.39, 0.29) is 0 Å². The summed E-state index contributed by atoms with van der Waals surface area (Å²) in [6.07, 6.45) is 5.33. The Kier molecular flexibility index (Phi) is 4.11. The Morgan fingerprint density at radius 3 is 2.41 bits per heavy atom. The predicted molar refractivity (Wildman–Crippen MR) is 74.7 cm³/mol. The van der Waals surface area contributed by atoms with Crippen LogP contribution in [0.3, 0.4) is 0 Å². The van der Waals surface area contributed by atoms with Crippen LogP contribution in [0.25, 0.3) is 0 Å². The number of hydrogen-bond acceptors (Lipinski definition) is 1. The van der Waals surface area contributed by atoms with E-state index in [1.165, 1.54) is 31.2 Å². The van der Waals surface area contributed by atoms with Gasteiger partial charge in [-0.25, -0.2) is 0 Å². The summed E-state index contributed by atoms with van der Waals surface area (Å²) in [5, 5.41) is 4.12. The lowest BCUT2D eigenvalue weighted by atomic mass is 9.60. The van der Waals surface area contributed by atoms with Gasteiger partial charge in [-0.15, -0.1) is 0 Å². The summed E-state index contributed by atoms with van der Waals surface area (Å²) in [5.74, 6) is 0.732. The molecule has 0 aromatic heterocycles. The van der Waals surface area contributed by atoms with Crippen molar-refractivity contribution < 1.29 is 0 Å². The zero-order valence-corrected chi connectivity index (χ0v) is 11.6. The summed E-state index contributed by atoms with van der Waals surface area (Å²) in [5.41, 5.74) is 1.91. The molecule has 2 rings (SSSR count). The van der Waals surface area contributed by atoms with Crippen molar-refractivity contribution in [2.75, 3.05) is 13.6 Å². The van der Waals surface area contributed by atoms with Crippen molar-refractivity contribution in [3.05, 3.63) is 34.9 Å². The highest BCUT2D eigenvalue weighted by Gasteiger charge is 2.39. The molecule has 1 aliphatic carbocycles. The van der Waals surface area contributed by atoms with E-state index in [9.17, 15) is 0 Å². The zero-order valence-electron chi connectivity index (χ0n) is 10.8. The van der Waals surface area contributed by atoms with Crippen molar-refractivity contribution in [1.82, 2.24) is 5.32 Å². The topological polar surface area (TPSA) is 12.0 Å². The molecular weight excluding hydrogens is 230 g/mol. The maximum absolute atomic E-state index is 5.97. The van der Waals surface area contributed by atoms with Gasteiger partial charge in [0, 0.05) is 5.02 Å². The summed E-state index contributed by atoms with van der Waals surface area (Å²) < 4.78 is 0. The van der Waals surface area contributed by atoms with Gasteiger partial charge in [0.2, 0.25) is 0 Å². The van der Waals surface area contributed by atoms with Crippen molar-refractivity contribution in [2.24, 2.45) is 5.92 Å². The molecule has 94 valence electrons. The Labute approximate surface area is 110 Å². The van der Waals surface area contributed by atoms with Crippen molar-refractivity contribution in [1.29, 1.82) is 0 Å². The monoisotopic (exact) mass is 251 g/mol. The van der Waals surface area contributed by atoms with Crippen LogP contribution >= 0.6 is 11.6 Å². The number of benzene rings is 1. The number of rotatable bonds is 5. The third-order valence-corrected chi connectivity index (χ3v) is 4.31. The van der Waals surface area contributed by atoms with Crippen LogP contribution in [0.2, 0.25) is 5.02 Å². The molecular formula is C15H22ClN. The van der Waals surface area contributed by atoms with E-state index in [0.717, 1.165) is 17.5 Å². The quantitative estimate of drug-likeness (QED) is 0.834. The summed E-state index contributed by atoms with van der Waals surface area (Å²) in [4.78, 5) is 0. The van der Waals surface area contributed by atoms with Crippen LogP contribution in [0.5, 0.6) is 0 Å². The molecule has 1 fully saturated rings. The fourth-order valence-corrected chi connectivity index (χ4v) is 3.23. The standard InChI is InChI=1S/C15H22ClN/c1-12(11-17-2)10-15(8-3-9-15)13-4-6-14(16)7-5-13/h4-7,12,17H,3,8-11H2,1-2H3. The number of nitrogens with one attached hydrogen (secondary N) is 1. The SMILES string of the molecule is CNCC(C)CC1(c2ccc(Cl)cc2)CCC1. The second-order valence-electron chi connectivity index (χ2n) is 5.51. The van der Waals surface area contributed by atoms with E-state index in [1.807, 2.05) is 19.2 Å². The molecule has 0 heterocycles. The molecule has 2 heteroatoms. The Balaban J connectivity index is 2.11. The molecule has 1 saturated carbocycles. The maximum Gasteiger partial charge on any atom is 0.0406 e. The minimum Gasteiger partial charge on any atom is -0.319 e. The van der Waals surface area contributed by atoms with Gasteiger partial charge in [0.05, 0.1) is 0 Å². The van der Waals surface area contributed by atoms with Gasteiger partial charge in [0.25, 0.3) is 0 Å². The molecule has 1 unspecified atom stereocenters. The van der Waals surface area contributed by atoms with Crippen molar-refractivity contribution in [3.8, 4) is 0 Å². The van der Waals surface area contributed by atoms with Gasteiger partial charge in [0.15, 0.2) is 0 Å². The second kappa shape index (κ2) is 5.41. The van der Waals surface area contributed by atoms with Crippen molar-refractivity contribution >= 4 is 11.6 Å². The van der Waals surface area contributed by atoms with Gasteiger partial charge in [-0.1, -0.05) is 37.1 Å². The molecule has 1 atom stereocenters. The van der Waals surface area contributed by atoms with Gasteiger partial charge in [-0.3, -0.25) is 0 Å². The average Bonchev–Trinajstić information content (AvgIpc) is 2.25. The van der Waals surface area contributed by atoms with Crippen LogP contribution in [0.4, 0.5) is 0 Å². The highest BCUT2D eigenvalue weighted by atomic mass is 35.5. The Hall–Kier alpha value is -0.530.